The molecule has 0 aliphatic heterocycles. The van der Waals surface area contributed by atoms with Gasteiger partial charge in [-0.3, -0.25) is 0 Å². The molecule has 1 atom stereocenters. The monoisotopic (exact) mass is 253 g/mol. The average molecular weight is 253 g/mol. The molecule has 0 radical (unpaired) electrons. The molecule has 0 fully saturated rings. The fourth-order valence-corrected chi connectivity index (χ4v) is 2.52. The van der Waals surface area contributed by atoms with E-state index in [9.17, 15) is 0 Å². The Bertz CT molecular complexity index is 531. The van der Waals surface area contributed by atoms with E-state index in [0.29, 0.717) is 6.04 Å². The topological polar surface area (TPSA) is 12.0 Å². The van der Waals surface area contributed by atoms with Crippen molar-refractivity contribution in [2.75, 3.05) is 0 Å². The second-order valence-electron chi connectivity index (χ2n) is 5.08. The SMILES string of the molecule is CCc1ccccc1CNC(C)c1ccccc1C. The van der Waals surface area contributed by atoms with Crippen LogP contribution >= 0.6 is 0 Å². The van der Waals surface area contributed by atoms with Gasteiger partial charge in [0.05, 0.1) is 0 Å². The second-order valence-corrected chi connectivity index (χ2v) is 5.08. The molecular formula is C18H23N. The Morgan fingerprint density at radius 1 is 0.947 bits per heavy atom. The van der Waals surface area contributed by atoms with Gasteiger partial charge >= 0.3 is 0 Å². The molecule has 1 unspecified atom stereocenters. The van der Waals surface area contributed by atoms with Gasteiger partial charge < -0.3 is 5.32 Å². The van der Waals surface area contributed by atoms with E-state index in [1.165, 1.54) is 22.3 Å². The lowest BCUT2D eigenvalue weighted by Crippen LogP contribution is -2.19. The van der Waals surface area contributed by atoms with Gasteiger partial charge in [0.2, 0.25) is 0 Å². The van der Waals surface area contributed by atoms with Crippen LogP contribution in [-0.2, 0) is 13.0 Å². The summed E-state index contributed by atoms with van der Waals surface area (Å²) in [5.41, 5.74) is 5.58. The molecule has 0 amide bonds. The van der Waals surface area contributed by atoms with Crippen LogP contribution in [0.2, 0.25) is 0 Å². The Labute approximate surface area is 116 Å². The minimum Gasteiger partial charge on any atom is -0.306 e. The molecule has 0 heterocycles. The third-order valence-electron chi connectivity index (χ3n) is 3.75. The van der Waals surface area contributed by atoms with Gasteiger partial charge in [0.25, 0.3) is 0 Å². The van der Waals surface area contributed by atoms with Gasteiger partial charge in [-0.05, 0) is 42.5 Å². The van der Waals surface area contributed by atoms with Gasteiger partial charge in [-0.25, -0.2) is 0 Å². The first kappa shape index (κ1) is 13.8. The van der Waals surface area contributed by atoms with Crippen LogP contribution in [-0.4, -0.2) is 0 Å². The van der Waals surface area contributed by atoms with E-state index >= 15 is 0 Å². The van der Waals surface area contributed by atoms with E-state index in [1.54, 1.807) is 0 Å². The fourth-order valence-electron chi connectivity index (χ4n) is 2.52. The quantitative estimate of drug-likeness (QED) is 0.832. The zero-order chi connectivity index (χ0) is 13.7. The highest BCUT2D eigenvalue weighted by molar-refractivity contribution is 5.30. The minimum atomic E-state index is 0.381. The molecule has 0 aliphatic rings. The Morgan fingerprint density at radius 2 is 1.58 bits per heavy atom. The summed E-state index contributed by atoms with van der Waals surface area (Å²) in [7, 11) is 0. The standard InChI is InChI=1S/C18H23N/c1-4-16-10-6-7-11-17(16)13-19-15(3)18-12-8-5-9-14(18)2/h5-12,15,19H,4,13H2,1-3H3. The van der Waals surface area contributed by atoms with E-state index < -0.39 is 0 Å². The Hall–Kier alpha value is -1.60. The van der Waals surface area contributed by atoms with Crippen molar-refractivity contribution in [2.24, 2.45) is 0 Å². The third kappa shape index (κ3) is 3.45. The molecule has 2 aromatic rings. The number of nitrogens with one attached hydrogen (secondary N) is 1. The predicted octanol–water partition coefficient (Wildman–Crippen LogP) is 4.41. The first-order valence-corrected chi connectivity index (χ1v) is 7.08. The van der Waals surface area contributed by atoms with Crippen LogP contribution < -0.4 is 5.32 Å². The molecule has 19 heavy (non-hydrogen) atoms. The normalized spacial score (nSPS) is 12.4. The van der Waals surface area contributed by atoms with Crippen molar-refractivity contribution in [3.05, 3.63) is 70.8 Å². The van der Waals surface area contributed by atoms with Crippen molar-refractivity contribution in [2.45, 2.75) is 39.8 Å². The van der Waals surface area contributed by atoms with Crippen LogP contribution in [0.5, 0.6) is 0 Å². The Morgan fingerprint density at radius 3 is 2.26 bits per heavy atom. The average Bonchev–Trinajstić information content (AvgIpc) is 2.45. The van der Waals surface area contributed by atoms with E-state index in [4.69, 9.17) is 0 Å². The van der Waals surface area contributed by atoms with E-state index in [1.807, 2.05) is 0 Å². The number of rotatable bonds is 5. The first-order valence-electron chi connectivity index (χ1n) is 7.08. The summed E-state index contributed by atoms with van der Waals surface area (Å²) in [6.45, 7) is 7.55. The molecule has 0 aromatic heterocycles. The van der Waals surface area contributed by atoms with Crippen LogP contribution in [0.4, 0.5) is 0 Å². The summed E-state index contributed by atoms with van der Waals surface area (Å²) in [6, 6.07) is 17.6. The maximum Gasteiger partial charge on any atom is 0.0297 e. The van der Waals surface area contributed by atoms with Crippen LogP contribution in [0.1, 0.15) is 42.1 Å². The molecule has 1 heteroatoms. The lowest BCUT2D eigenvalue weighted by Gasteiger charge is -2.17. The Balaban J connectivity index is 2.04. The molecule has 0 saturated heterocycles. The highest BCUT2D eigenvalue weighted by Gasteiger charge is 2.08. The largest absolute Gasteiger partial charge is 0.306 e. The molecule has 0 spiro atoms. The first-order chi connectivity index (χ1) is 9.22. The maximum atomic E-state index is 3.63. The summed E-state index contributed by atoms with van der Waals surface area (Å²) >= 11 is 0. The van der Waals surface area contributed by atoms with Crippen molar-refractivity contribution in [1.29, 1.82) is 0 Å². The predicted molar refractivity (Wildman–Crippen MR) is 82.3 cm³/mol. The molecule has 0 aliphatic carbocycles. The summed E-state index contributed by atoms with van der Waals surface area (Å²) < 4.78 is 0. The van der Waals surface area contributed by atoms with Gasteiger partial charge in [0, 0.05) is 12.6 Å². The summed E-state index contributed by atoms with van der Waals surface area (Å²) in [5, 5.41) is 3.63. The van der Waals surface area contributed by atoms with Crippen LogP contribution in [0.25, 0.3) is 0 Å². The molecule has 100 valence electrons. The highest BCUT2D eigenvalue weighted by atomic mass is 14.9. The molecular weight excluding hydrogens is 230 g/mol. The zero-order valence-corrected chi connectivity index (χ0v) is 12.1. The van der Waals surface area contributed by atoms with Crippen molar-refractivity contribution >= 4 is 0 Å². The Kier molecular flexibility index (Phi) is 4.75. The lowest BCUT2D eigenvalue weighted by atomic mass is 10.0. The van der Waals surface area contributed by atoms with Crippen LogP contribution in [0.15, 0.2) is 48.5 Å². The summed E-state index contributed by atoms with van der Waals surface area (Å²) in [6.07, 6.45) is 1.09. The number of hydrogen-bond donors (Lipinski definition) is 1. The second kappa shape index (κ2) is 6.53. The number of hydrogen-bond acceptors (Lipinski definition) is 1. The molecule has 2 aromatic carbocycles. The fraction of sp³-hybridized carbons (Fsp3) is 0.333. The van der Waals surface area contributed by atoms with Crippen molar-refractivity contribution < 1.29 is 0 Å². The van der Waals surface area contributed by atoms with Gasteiger partial charge in [-0.1, -0.05) is 55.5 Å². The van der Waals surface area contributed by atoms with Gasteiger partial charge in [-0.15, -0.1) is 0 Å². The molecule has 0 saturated carbocycles. The van der Waals surface area contributed by atoms with Crippen LogP contribution in [0, 0.1) is 6.92 Å². The molecule has 2 rings (SSSR count). The maximum absolute atomic E-state index is 3.63. The van der Waals surface area contributed by atoms with Crippen molar-refractivity contribution in [3.63, 3.8) is 0 Å². The lowest BCUT2D eigenvalue weighted by molar-refractivity contribution is 0.570. The van der Waals surface area contributed by atoms with Crippen molar-refractivity contribution in [1.82, 2.24) is 5.32 Å². The number of benzene rings is 2. The highest BCUT2D eigenvalue weighted by Crippen LogP contribution is 2.18. The third-order valence-corrected chi connectivity index (χ3v) is 3.75. The summed E-state index contributed by atoms with van der Waals surface area (Å²) in [4.78, 5) is 0. The smallest absolute Gasteiger partial charge is 0.0297 e. The van der Waals surface area contributed by atoms with Crippen LogP contribution in [0.3, 0.4) is 0 Å². The van der Waals surface area contributed by atoms with E-state index in [0.717, 1.165) is 13.0 Å². The number of aryl methyl sites for hydroxylation is 2. The summed E-state index contributed by atoms with van der Waals surface area (Å²) in [5.74, 6) is 0. The van der Waals surface area contributed by atoms with E-state index in [-0.39, 0.29) is 0 Å². The van der Waals surface area contributed by atoms with Gasteiger partial charge in [0.15, 0.2) is 0 Å². The van der Waals surface area contributed by atoms with Gasteiger partial charge in [-0.2, -0.15) is 0 Å². The van der Waals surface area contributed by atoms with Crippen molar-refractivity contribution in [3.8, 4) is 0 Å². The molecule has 1 N–H and O–H groups in total. The zero-order valence-electron chi connectivity index (χ0n) is 12.1. The molecule has 1 nitrogen and oxygen atoms in total. The minimum absolute atomic E-state index is 0.381. The van der Waals surface area contributed by atoms with Gasteiger partial charge in [0.1, 0.15) is 0 Å². The van der Waals surface area contributed by atoms with E-state index in [2.05, 4.69) is 74.6 Å². The molecule has 0 bridgehead atoms.